The molecule has 0 fully saturated rings. The molecule has 21 heavy (non-hydrogen) atoms. The van der Waals surface area contributed by atoms with E-state index in [1.165, 1.54) is 12.1 Å². The summed E-state index contributed by atoms with van der Waals surface area (Å²) in [7, 11) is 0. The predicted molar refractivity (Wildman–Crippen MR) is 74.8 cm³/mol. The number of phenolic OH excluding ortho intramolecular Hbond substituents is 1. The Morgan fingerprint density at radius 2 is 1.52 bits per heavy atom. The van der Waals surface area contributed by atoms with Crippen molar-refractivity contribution in [3.8, 4) is 5.75 Å². The van der Waals surface area contributed by atoms with E-state index in [9.17, 15) is 19.5 Å². The van der Waals surface area contributed by atoms with E-state index in [4.69, 9.17) is 17.2 Å². The second kappa shape index (κ2) is 7.25. The van der Waals surface area contributed by atoms with Gasteiger partial charge < -0.3 is 27.2 Å². The Bertz CT molecular complexity index is 513. The molecule has 0 aliphatic carbocycles. The number of carbonyl (C=O) groups is 3. The number of rotatable bonds is 7. The average molecular weight is 294 g/mol. The van der Waals surface area contributed by atoms with Crippen LogP contribution >= 0.6 is 0 Å². The molecule has 0 aromatic heterocycles. The first kappa shape index (κ1) is 16.4. The minimum absolute atomic E-state index is 0.0998. The Morgan fingerprint density at radius 3 is 1.95 bits per heavy atom. The van der Waals surface area contributed by atoms with Gasteiger partial charge in [0.1, 0.15) is 5.75 Å². The molecule has 0 aliphatic rings. The first-order valence-electron chi connectivity index (χ1n) is 6.18. The molecule has 0 spiro atoms. The summed E-state index contributed by atoms with van der Waals surface area (Å²) in [4.78, 5) is 34.9. The van der Waals surface area contributed by atoms with Crippen LogP contribution in [-0.2, 0) is 20.8 Å². The Labute approximate surface area is 121 Å². The number of nitrogens with zero attached hydrogens (tertiary/aromatic N) is 1. The number of nitrogens with two attached hydrogens (primary N) is 3. The molecule has 0 saturated heterocycles. The van der Waals surface area contributed by atoms with Crippen LogP contribution in [0.2, 0.25) is 0 Å². The monoisotopic (exact) mass is 294 g/mol. The predicted octanol–water partition coefficient (Wildman–Crippen LogP) is -1.94. The van der Waals surface area contributed by atoms with Gasteiger partial charge in [-0.25, -0.2) is 0 Å². The van der Waals surface area contributed by atoms with Crippen LogP contribution in [0.1, 0.15) is 5.56 Å². The molecular weight excluding hydrogens is 276 g/mol. The number of aromatic hydroxyl groups is 1. The van der Waals surface area contributed by atoms with E-state index in [2.05, 4.69) is 0 Å². The highest BCUT2D eigenvalue weighted by Gasteiger charge is 2.23. The second-order valence-corrected chi connectivity index (χ2v) is 4.60. The third-order valence-electron chi connectivity index (χ3n) is 2.71. The fraction of sp³-hybridized carbons (Fsp3) is 0.308. The van der Waals surface area contributed by atoms with Gasteiger partial charge in [0, 0.05) is 0 Å². The van der Waals surface area contributed by atoms with Gasteiger partial charge in [0.15, 0.2) is 0 Å². The minimum Gasteiger partial charge on any atom is -0.508 e. The molecule has 1 aromatic carbocycles. The van der Waals surface area contributed by atoms with Crippen LogP contribution in [0.25, 0.3) is 0 Å². The highest BCUT2D eigenvalue weighted by molar-refractivity contribution is 5.90. The molecule has 7 N–H and O–H groups in total. The molecule has 0 radical (unpaired) electrons. The third kappa shape index (κ3) is 5.49. The van der Waals surface area contributed by atoms with Crippen molar-refractivity contribution in [3.05, 3.63) is 29.8 Å². The van der Waals surface area contributed by atoms with Crippen LogP contribution in [0, 0.1) is 0 Å². The summed E-state index contributed by atoms with van der Waals surface area (Å²) < 4.78 is 0. The van der Waals surface area contributed by atoms with Crippen molar-refractivity contribution in [2.45, 2.75) is 12.5 Å². The zero-order valence-corrected chi connectivity index (χ0v) is 11.4. The fourth-order valence-electron chi connectivity index (χ4n) is 1.80. The maximum absolute atomic E-state index is 12.1. The smallest absolute Gasteiger partial charge is 0.240 e. The summed E-state index contributed by atoms with van der Waals surface area (Å²) in [5, 5.41) is 9.18. The summed E-state index contributed by atoms with van der Waals surface area (Å²) in [5.74, 6) is -2.02. The second-order valence-electron chi connectivity index (χ2n) is 4.60. The highest BCUT2D eigenvalue weighted by Crippen LogP contribution is 2.11. The Kier molecular flexibility index (Phi) is 5.67. The van der Waals surface area contributed by atoms with E-state index in [0.29, 0.717) is 0 Å². The third-order valence-corrected chi connectivity index (χ3v) is 2.71. The van der Waals surface area contributed by atoms with Crippen LogP contribution in [0.4, 0.5) is 0 Å². The number of benzene rings is 1. The van der Waals surface area contributed by atoms with Gasteiger partial charge in [0.05, 0.1) is 19.1 Å². The lowest BCUT2D eigenvalue weighted by atomic mass is 10.1. The Balaban J connectivity index is 2.74. The van der Waals surface area contributed by atoms with Crippen LogP contribution < -0.4 is 17.2 Å². The summed E-state index contributed by atoms with van der Waals surface area (Å²) in [6, 6.07) is 5.23. The number of phenols is 1. The van der Waals surface area contributed by atoms with E-state index in [1.807, 2.05) is 0 Å². The molecule has 0 heterocycles. The molecule has 8 heteroatoms. The van der Waals surface area contributed by atoms with Crippen LogP contribution in [0.3, 0.4) is 0 Å². The fourth-order valence-corrected chi connectivity index (χ4v) is 1.80. The van der Waals surface area contributed by atoms with Gasteiger partial charge in [0.2, 0.25) is 17.7 Å². The number of carbonyl (C=O) groups excluding carboxylic acids is 3. The van der Waals surface area contributed by atoms with Crippen molar-refractivity contribution in [2.24, 2.45) is 17.2 Å². The summed E-state index contributed by atoms with van der Waals surface area (Å²) in [6.45, 7) is -0.851. The van der Waals surface area contributed by atoms with E-state index >= 15 is 0 Å². The first-order valence-corrected chi connectivity index (χ1v) is 6.18. The maximum atomic E-state index is 12.1. The van der Waals surface area contributed by atoms with Gasteiger partial charge in [-0.2, -0.15) is 0 Å². The van der Waals surface area contributed by atoms with Gasteiger partial charge in [-0.1, -0.05) is 12.1 Å². The molecule has 0 aliphatic heterocycles. The van der Waals surface area contributed by atoms with Crippen molar-refractivity contribution in [2.75, 3.05) is 13.1 Å². The topological polar surface area (TPSA) is 153 Å². The first-order chi connectivity index (χ1) is 9.79. The standard InChI is InChI=1S/C13H18N4O4/c14-10(5-8-1-3-9(18)4-2-8)13(21)17(6-11(15)19)7-12(16)20/h1-4,10,18H,5-7,14H2,(H2,15,19)(H2,16,20)/t10-/m1/s1. The summed E-state index contributed by atoms with van der Waals surface area (Å²) in [6.07, 6.45) is 0.188. The summed E-state index contributed by atoms with van der Waals surface area (Å²) in [5.41, 5.74) is 16.6. The van der Waals surface area contributed by atoms with Crippen molar-refractivity contribution in [1.82, 2.24) is 4.90 Å². The van der Waals surface area contributed by atoms with Crippen molar-refractivity contribution in [3.63, 3.8) is 0 Å². The largest absolute Gasteiger partial charge is 0.508 e. The molecule has 0 bridgehead atoms. The minimum atomic E-state index is -0.951. The van der Waals surface area contributed by atoms with Gasteiger partial charge >= 0.3 is 0 Å². The van der Waals surface area contributed by atoms with Gasteiger partial charge in [-0.3, -0.25) is 14.4 Å². The number of hydrogen-bond acceptors (Lipinski definition) is 5. The highest BCUT2D eigenvalue weighted by atomic mass is 16.3. The zero-order chi connectivity index (χ0) is 16.0. The van der Waals surface area contributed by atoms with E-state index in [1.54, 1.807) is 12.1 Å². The molecule has 1 aromatic rings. The molecule has 1 rings (SSSR count). The number of primary amides is 2. The average Bonchev–Trinajstić information content (AvgIpc) is 2.38. The number of amides is 3. The molecule has 3 amide bonds. The van der Waals surface area contributed by atoms with Crippen LogP contribution in [0.5, 0.6) is 5.75 Å². The quantitative estimate of drug-likeness (QED) is 0.461. The summed E-state index contributed by atoms with van der Waals surface area (Å²) >= 11 is 0. The van der Waals surface area contributed by atoms with Gasteiger partial charge in [-0.15, -0.1) is 0 Å². The van der Waals surface area contributed by atoms with Gasteiger partial charge in [0.25, 0.3) is 0 Å². The Hall–Kier alpha value is -2.61. The van der Waals surface area contributed by atoms with E-state index < -0.39 is 36.9 Å². The molecular formula is C13H18N4O4. The van der Waals surface area contributed by atoms with Crippen molar-refractivity contribution >= 4 is 17.7 Å². The Morgan fingerprint density at radius 1 is 1.05 bits per heavy atom. The van der Waals surface area contributed by atoms with E-state index in [-0.39, 0.29) is 12.2 Å². The van der Waals surface area contributed by atoms with Crippen molar-refractivity contribution in [1.29, 1.82) is 0 Å². The molecule has 0 saturated carbocycles. The normalized spacial score (nSPS) is 11.7. The SMILES string of the molecule is NC(=O)CN(CC(N)=O)C(=O)[C@H](N)Cc1ccc(O)cc1. The molecule has 0 unspecified atom stereocenters. The zero-order valence-electron chi connectivity index (χ0n) is 11.4. The van der Waals surface area contributed by atoms with E-state index in [0.717, 1.165) is 10.5 Å². The lowest BCUT2D eigenvalue weighted by Crippen LogP contribution is -2.50. The van der Waals surface area contributed by atoms with Crippen LogP contribution in [-0.4, -0.2) is 46.9 Å². The van der Waals surface area contributed by atoms with Crippen molar-refractivity contribution < 1.29 is 19.5 Å². The molecule has 114 valence electrons. The number of hydrogen-bond donors (Lipinski definition) is 4. The van der Waals surface area contributed by atoms with Gasteiger partial charge in [-0.05, 0) is 24.1 Å². The van der Waals surface area contributed by atoms with Crippen LogP contribution in [0.15, 0.2) is 24.3 Å². The lowest BCUT2D eigenvalue weighted by molar-refractivity contribution is -0.139. The molecule has 8 nitrogen and oxygen atoms in total. The lowest BCUT2D eigenvalue weighted by Gasteiger charge is -2.23. The molecule has 1 atom stereocenters. The maximum Gasteiger partial charge on any atom is 0.240 e.